The third-order valence-electron chi connectivity index (χ3n) is 2.33. The molecule has 0 aliphatic carbocycles. The molecule has 74 valence electrons. The smallest absolute Gasteiger partial charge is 0.292 e. The number of halogens is 2. The van der Waals surface area contributed by atoms with E-state index in [9.17, 15) is 13.6 Å². The summed E-state index contributed by atoms with van der Waals surface area (Å²) in [5.74, 6) is -3.27. The largest absolute Gasteiger partial charge is 0.306 e. The molecule has 4 heteroatoms. The van der Waals surface area contributed by atoms with Crippen molar-refractivity contribution in [3.05, 3.63) is 29.8 Å². The van der Waals surface area contributed by atoms with E-state index in [0.717, 1.165) is 4.90 Å². The molecule has 0 N–H and O–H groups in total. The third kappa shape index (κ3) is 1.18. The summed E-state index contributed by atoms with van der Waals surface area (Å²) in [6.07, 6.45) is 0. The zero-order chi connectivity index (χ0) is 10.3. The van der Waals surface area contributed by atoms with Gasteiger partial charge >= 0.3 is 0 Å². The highest BCUT2D eigenvalue weighted by atomic mass is 19.3. The Morgan fingerprint density at radius 3 is 2.71 bits per heavy atom. The first-order valence-corrected chi connectivity index (χ1v) is 4.28. The Labute approximate surface area is 80.1 Å². The zero-order valence-corrected chi connectivity index (χ0v) is 7.63. The van der Waals surface area contributed by atoms with E-state index in [2.05, 4.69) is 0 Å². The first-order valence-electron chi connectivity index (χ1n) is 4.28. The molecule has 1 aromatic carbocycles. The van der Waals surface area contributed by atoms with Gasteiger partial charge in [0.25, 0.3) is 5.92 Å². The maximum Gasteiger partial charge on any atom is 0.292 e. The van der Waals surface area contributed by atoms with Crippen LogP contribution in [0.2, 0.25) is 0 Å². The molecule has 0 spiro atoms. The number of hydrogen-bond acceptors (Lipinski definition) is 1. The number of amides is 1. The van der Waals surface area contributed by atoms with Gasteiger partial charge in [-0.3, -0.25) is 4.79 Å². The number of carbonyl (C=O) groups is 1. The van der Waals surface area contributed by atoms with Crippen LogP contribution in [0, 0.1) is 0 Å². The standard InChI is InChI=1S/C10H9F2NO/c1-7(14)13-6-10(11,12)8-4-2-3-5-9(8)13/h2-5H,6H2,1H3. The molecule has 0 aromatic heterocycles. The minimum absolute atomic E-state index is 0.0600. The average Bonchev–Trinajstić information content (AvgIpc) is 2.40. The molecule has 0 fully saturated rings. The van der Waals surface area contributed by atoms with E-state index in [4.69, 9.17) is 0 Å². The molecule has 1 heterocycles. The van der Waals surface area contributed by atoms with Gasteiger partial charge in [-0.2, -0.15) is 8.78 Å². The van der Waals surface area contributed by atoms with E-state index in [1.165, 1.54) is 19.1 Å². The van der Waals surface area contributed by atoms with Crippen molar-refractivity contribution in [2.45, 2.75) is 12.8 Å². The minimum atomic E-state index is -2.91. The van der Waals surface area contributed by atoms with E-state index in [1.807, 2.05) is 0 Å². The summed E-state index contributed by atoms with van der Waals surface area (Å²) in [7, 11) is 0. The fourth-order valence-electron chi connectivity index (χ4n) is 1.67. The lowest BCUT2D eigenvalue weighted by Gasteiger charge is -2.14. The first-order chi connectivity index (χ1) is 6.52. The second-order valence-electron chi connectivity index (χ2n) is 3.33. The topological polar surface area (TPSA) is 20.3 Å². The van der Waals surface area contributed by atoms with Gasteiger partial charge in [-0.05, 0) is 6.07 Å². The maximum atomic E-state index is 13.4. The molecule has 1 aromatic rings. The number of rotatable bonds is 0. The Morgan fingerprint density at radius 1 is 1.43 bits per heavy atom. The monoisotopic (exact) mass is 197 g/mol. The van der Waals surface area contributed by atoms with Crippen LogP contribution in [-0.2, 0) is 10.7 Å². The first kappa shape index (κ1) is 9.12. The number of benzene rings is 1. The Morgan fingerprint density at radius 2 is 2.07 bits per heavy atom. The third-order valence-corrected chi connectivity index (χ3v) is 2.33. The van der Waals surface area contributed by atoms with Crippen LogP contribution in [0.1, 0.15) is 12.5 Å². The molecule has 2 rings (SSSR count). The Bertz CT molecular complexity index is 389. The second-order valence-corrected chi connectivity index (χ2v) is 3.33. The molecular formula is C10H9F2NO. The van der Waals surface area contributed by atoms with Crippen molar-refractivity contribution < 1.29 is 13.6 Å². The van der Waals surface area contributed by atoms with Crippen LogP contribution in [0.25, 0.3) is 0 Å². The Kier molecular flexibility index (Phi) is 1.80. The molecule has 1 amide bonds. The van der Waals surface area contributed by atoms with Crippen LogP contribution >= 0.6 is 0 Å². The van der Waals surface area contributed by atoms with Crippen molar-refractivity contribution in [2.75, 3.05) is 11.4 Å². The summed E-state index contributed by atoms with van der Waals surface area (Å²) in [5, 5.41) is 0. The van der Waals surface area contributed by atoms with E-state index < -0.39 is 12.5 Å². The molecule has 1 aliphatic heterocycles. The van der Waals surface area contributed by atoms with E-state index in [-0.39, 0.29) is 11.5 Å². The van der Waals surface area contributed by atoms with Crippen LogP contribution in [0.5, 0.6) is 0 Å². The molecule has 0 bridgehead atoms. The van der Waals surface area contributed by atoms with Gasteiger partial charge < -0.3 is 4.90 Å². The maximum absolute atomic E-state index is 13.4. The van der Waals surface area contributed by atoms with Gasteiger partial charge in [0.1, 0.15) is 0 Å². The Balaban J connectivity index is 2.55. The lowest BCUT2D eigenvalue weighted by molar-refractivity contribution is -0.117. The van der Waals surface area contributed by atoms with Crippen LogP contribution in [-0.4, -0.2) is 12.5 Å². The van der Waals surface area contributed by atoms with Crippen molar-refractivity contribution in [1.82, 2.24) is 0 Å². The fraction of sp³-hybridized carbons (Fsp3) is 0.300. The fourth-order valence-corrected chi connectivity index (χ4v) is 1.67. The number of anilines is 1. The highest BCUT2D eigenvalue weighted by Crippen LogP contribution is 2.42. The van der Waals surface area contributed by atoms with Crippen molar-refractivity contribution >= 4 is 11.6 Å². The van der Waals surface area contributed by atoms with Gasteiger partial charge in [-0.15, -0.1) is 0 Å². The highest BCUT2D eigenvalue weighted by Gasteiger charge is 2.44. The van der Waals surface area contributed by atoms with Crippen LogP contribution in [0.3, 0.4) is 0 Å². The highest BCUT2D eigenvalue weighted by molar-refractivity contribution is 5.94. The molecule has 1 aliphatic rings. The van der Waals surface area contributed by atoms with Gasteiger partial charge in [-0.1, -0.05) is 18.2 Å². The van der Waals surface area contributed by atoms with Crippen molar-refractivity contribution in [2.24, 2.45) is 0 Å². The Hall–Kier alpha value is -1.45. The number of alkyl halides is 2. The molecule has 14 heavy (non-hydrogen) atoms. The summed E-state index contributed by atoms with van der Waals surface area (Å²) in [4.78, 5) is 12.2. The number of carbonyl (C=O) groups excluding carboxylic acids is 1. The number of para-hydroxylation sites is 1. The summed E-state index contributed by atoms with van der Waals surface area (Å²) < 4.78 is 26.7. The van der Waals surface area contributed by atoms with Gasteiger partial charge in [0.05, 0.1) is 12.2 Å². The number of fused-ring (bicyclic) bond motifs is 1. The molecule has 2 nitrogen and oxygen atoms in total. The minimum Gasteiger partial charge on any atom is -0.306 e. The summed E-state index contributed by atoms with van der Waals surface area (Å²) in [5.41, 5.74) is 0.264. The van der Waals surface area contributed by atoms with Crippen LogP contribution < -0.4 is 4.90 Å². The van der Waals surface area contributed by atoms with Gasteiger partial charge in [-0.25, -0.2) is 0 Å². The molecule has 0 saturated heterocycles. The van der Waals surface area contributed by atoms with E-state index in [0.29, 0.717) is 5.69 Å². The molecule has 0 atom stereocenters. The predicted octanol–water partition coefficient (Wildman–Crippen LogP) is 2.14. The molecule has 0 radical (unpaired) electrons. The number of hydrogen-bond donors (Lipinski definition) is 0. The van der Waals surface area contributed by atoms with Gasteiger partial charge in [0, 0.05) is 12.5 Å². The molecular weight excluding hydrogens is 188 g/mol. The predicted molar refractivity (Wildman–Crippen MR) is 48.4 cm³/mol. The lowest BCUT2D eigenvalue weighted by Crippen LogP contribution is -2.30. The second kappa shape index (κ2) is 2.77. The van der Waals surface area contributed by atoms with E-state index in [1.54, 1.807) is 12.1 Å². The van der Waals surface area contributed by atoms with Crippen molar-refractivity contribution in [1.29, 1.82) is 0 Å². The zero-order valence-electron chi connectivity index (χ0n) is 7.63. The SMILES string of the molecule is CC(=O)N1CC(F)(F)c2ccccc21. The normalized spacial score (nSPS) is 18.1. The van der Waals surface area contributed by atoms with Crippen LogP contribution in [0.4, 0.5) is 14.5 Å². The van der Waals surface area contributed by atoms with Crippen molar-refractivity contribution in [3.63, 3.8) is 0 Å². The summed E-state index contributed by atoms with van der Waals surface area (Å²) in [6, 6.07) is 6.10. The molecule has 0 unspecified atom stereocenters. The summed E-state index contributed by atoms with van der Waals surface area (Å²) >= 11 is 0. The van der Waals surface area contributed by atoms with Gasteiger partial charge in [0.15, 0.2) is 0 Å². The average molecular weight is 197 g/mol. The van der Waals surface area contributed by atoms with E-state index >= 15 is 0 Å². The van der Waals surface area contributed by atoms with Crippen molar-refractivity contribution in [3.8, 4) is 0 Å². The lowest BCUT2D eigenvalue weighted by atomic mass is 10.1. The molecule has 0 saturated carbocycles. The van der Waals surface area contributed by atoms with Gasteiger partial charge in [0.2, 0.25) is 5.91 Å². The van der Waals surface area contributed by atoms with Crippen LogP contribution in [0.15, 0.2) is 24.3 Å². The quantitative estimate of drug-likeness (QED) is 0.624. The summed E-state index contributed by atoms with van der Waals surface area (Å²) in [6.45, 7) is 0.750. The number of nitrogens with zero attached hydrogens (tertiary/aromatic N) is 1.